The Morgan fingerprint density at radius 2 is 2.00 bits per heavy atom. The minimum Gasteiger partial charge on any atom is -0.495 e. The molecule has 1 heterocycles. The average Bonchev–Trinajstić information content (AvgIpc) is 3.05. The van der Waals surface area contributed by atoms with Gasteiger partial charge in [-0.3, -0.25) is 4.68 Å². The van der Waals surface area contributed by atoms with E-state index >= 15 is 0 Å². The van der Waals surface area contributed by atoms with E-state index in [1.165, 1.54) is 32.1 Å². The molecule has 0 aliphatic heterocycles. The molecule has 1 saturated carbocycles. The van der Waals surface area contributed by atoms with Crippen LogP contribution in [-0.2, 0) is 0 Å². The van der Waals surface area contributed by atoms with Crippen LogP contribution in [0.1, 0.15) is 49.3 Å². The third-order valence-corrected chi connectivity index (χ3v) is 4.48. The van der Waals surface area contributed by atoms with Gasteiger partial charge in [-0.15, -0.1) is 0 Å². The summed E-state index contributed by atoms with van der Waals surface area (Å²) in [6.45, 7) is 1.97. The zero-order chi connectivity index (χ0) is 15.5. The van der Waals surface area contributed by atoms with Gasteiger partial charge in [0.1, 0.15) is 11.8 Å². The van der Waals surface area contributed by atoms with Gasteiger partial charge >= 0.3 is 0 Å². The number of ether oxygens (including phenoxy) is 1. The van der Waals surface area contributed by atoms with Crippen molar-refractivity contribution < 1.29 is 4.74 Å². The Bertz CT molecular complexity index is 706. The second-order valence-electron chi connectivity index (χ2n) is 5.99. The third kappa shape index (κ3) is 2.71. The highest BCUT2D eigenvalue weighted by molar-refractivity contribution is 5.68. The highest BCUT2D eigenvalue weighted by atomic mass is 16.5. The molecule has 0 bridgehead atoms. The van der Waals surface area contributed by atoms with Gasteiger partial charge in [0, 0.05) is 11.8 Å². The van der Waals surface area contributed by atoms with Gasteiger partial charge in [0.25, 0.3) is 0 Å². The molecule has 0 N–H and O–H groups in total. The fraction of sp³-hybridized carbons (Fsp3) is 0.444. The predicted molar refractivity (Wildman–Crippen MR) is 85.8 cm³/mol. The van der Waals surface area contributed by atoms with Crippen molar-refractivity contribution >= 4 is 0 Å². The number of rotatable bonds is 3. The van der Waals surface area contributed by atoms with Gasteiger partial charge in [0.05, 0.1) is 24.9 Å². The van der Waals surface area contributed by atoms with Crippen LogP contribution in [0.2, 0.25) is 0 Å². The summed E-state index contributed by atoms with van der Waals surface area (Å²) in [5.41, 5.74) is 3.63. The van der Waals surface area contributed by atoms with Gasteiger partial charge in [-0.2, -0.15) is 10.4 Å². The molecular weight excluding hydrogens is 274 g/mol. The van der Waals surface area contributed by atoms with E-state index in [1.54, 1.807) is 7.11 Å². The van der Waals surface area contributed by atoms with Crippen molar-refractivity contribution in [2.24, 2.45) is 0 Å². The van der Waals surface area contributed by atoms with E-state index in [0.717, 1.165) is 16.7 Å². The first kappa shape index (κ1) is 14.6. The summed E-state index contributed by atoms with van der Waals surface area (Å²) in [7, 11) is 1.60. The molecule has 1 aliphatic carbocycles. The number of aryl methyl sites for hydroxylation is 1. The fourth-order valence-corrected chi connectivity index (χ4v) is 3.33. The number of hydrogen-bond donors (Lipinski definition) is 0. The number of nitrogens with zero attached hydrogens (tertiary/aromatic N) is 3. The zero-order valence-electron chi connectivity index (χ0n) is 13.2. The minimum atomic E-state index is 0.525. The van der Waals surface area contributed by atoms with Crippen LogP contribution >= 0.6 is 0 Å². The van der Waals surface area contributed by atoms with Gasteiger partial charge in [-0.1, -0.05) is 19.3 Å². The maximum atomic E-state index is 9.30. The molecule has 0 spiro atoms. The number of hydrogen-bond acceptors (Lipinski definition) is 3. The zero-order valence-corrected chi connectivity index (χ0v) is 13.2. The minimum absolute atomic E-state index is 0.525. The molecule has 1 fully saturated rings. The molecule has 22 heavy (non-hydrogen) atoms. The molecule has 3 rings (SSSR count). The van der Waals surface area contributed by atoms with Crippen molar-refractivity contribution in [2.45, 2.75) is 45.1 Å². The van der Waals surface area contributed by atoms with Crippen molar-refractivity contribution in [1.29, 1.82) is 5.26 Å². The fourth-order valence-electron chi connectivity index (χ4n) is 3.33. The van der Waals surface area contributed by atoms with Crippen LogP contribution in [0, 0.1) is 18.3 Å². The van der Waals surface area contributed by atoms with Crippen molar-refractivity contribution in [2.75, 3.05) is 7.11 Å². The Morgan fingerprint density at radius 1 is 1.23 bits per heavy atom. The van der Waals surface area contributed by atoms with Gasteiger partial charge in [-0.25, -0.2) is 0 Å². The van der Waals surface area contributed by atoms with Gasteiger partial charge < -0.3 is 4.74 Å². The standard InChI is InChI=1S/C18H21N3O/c1-13-8-14(9-15(10-19)18(13)22-2)16-11-20-21(12-16)17-6-4-3-5-7-17/h8-9,11-12,17H,3-7H2,1-2H3. The molecule has 0 saturated heterocycles. The Labute approximate surface area is 131 Å². The number of benzene rings is 1. The Balaban J connectivity index is 1.93. The summed E-state index contributed by atoms with van der Waals surface area (Å²) in [6, 6.07) is 6.68. The van der Waals surface area contributed by atoms with Crippen LogP contribution in [-0.4, -0.2) is 16.9 Å². The SMILES string of the molecule is COc1c(C)cc(-c2cnn(C3CCCCC3)c2)cc1C#N. The third-order valence-electron chi connectivity index (χ3n) is 4.48. The van der Waals surface area contributed by atoms with E-state index < -0.39 is 0 Å². The summed E-state index contributed by atoms with van der Waals surface area (Å²) < 4.78 is 7.41. The second-order valence-corrected chi connectivity index (χ2v) is 5.99. The lowest BCUT2D eigenvalue weighted by atomic mass is 9.96. The van der Waals surface area contributed by atoms with Crippen molar-refractivity contribution in [1.82, 2.24) is 9.78 Å². The van der Waals surface area contributed by atoms with Crippen LogP contribution in [0.15, 0.2) is 24.5 Å². The van der Waals surface area contributed by atoms with E-state index in [1.807, 2.05) is 19.2 Å². The first-order valence-electron chi connectivity index (χ1n) is 7.86. The lowest BCUT2D eigenvalue weighted by Crippen LogP contribution is -2.12. The summed E-state index contributed by atoms with van der Waals surface area (Å²) in [4.78, 5) is 0. The molecule has 0 unspecified atom stereocenters. The monoisotopic (exact) mass is 295 g/mol. The molecule has 2 aromatic rings. The van der Waals surface area contributed by atoms with Gasteiger partial charge in [-0.05, 0) is 43.0 Å². The molecule has 0 radical (unpaired) electrons. The summed E-state index contributed by atoms with van der Waals surface area (Å²) >= 11 is 0. The lowest BCUT2D eigenvalue weighted by molar-refractivity contribution is 0.329. The maximum Gasteiger partial charge on any atom is 0.139 e. The normalized spacial score (nSPS) is 15.5. The lowest BCUT2D eigenvalue weighted by Gasteiger charge is -2.21. The molecule has 0 amide bonds. The summed E-state index contributed by atoms with van der Waals surface area (Å²) in [5.74, 6) is 0.658. The predicted octanol–water partition coefficient (Wildman–Crippen LogP) is 4.24. The molecule has 1 aromatic heterocycles. The van der Waals surface area contributed by atoms with Crippen LogP contribution in [0.3, 0.4) is 0 Å². The van der Waals surface area contributed by atoms with Crippen molar-refractivity contribution in [3.63, 3.8) is 0 Å². The first-order valence-corrected chi connectivity index (χ1v) is 7.86. The molecule has 4 heteroatoms. The second kappa shape index (κ2) is 6.23. The van der Waals surface area contributed by atoms with Crippen LogP contribution in [0.25, 0.3) is 11.1 Å². The van der Waals surface area contributed by atoms with Crippen LogP contribution < -0.4 is 4.74 Å². The Kier molecular flexibility index (Phi) is 4.15. The highest BCUT2D eigenvalue weighted by Gasteiger charge is 2.17. The summed E-state index contributed by atoms with van der Waals surface area (Å²) in [5, 5.41) is 13.9. The largest absolute Gasteiger partial charge is 0.495 e. The van der Waals surface area contributed by atoms with E-state index in [2.05, 4.69) is 28.1 Å². The van der Waals surface area contributed by atoms with Crippen molar-refractivity contribution in [3.05, 3.63) is 35.7 Å². The smallest absolute Gasteiger partial charge is 0.139 e. The molecular formula is C18H21N3O. The van der Waals surface area contributed by atoms with E-state index in [4.69, 9.17) is 4.74 Å². The van der Waals surface area contributed by atoms with Crippen LogP contribution in [0.5, 0.6) is 5.75 Å². The van der Waals surface area contributed by atoms with Gasteiger partial charge in [0.15, 0.2) is 0 Å². The number of nitriles is 1. The number of aromatic nitrogens is 2. The maximum absolute atomic E-state index is 9.30. The topological polar surface area (TPSA) is 50.8 Å². The Morgan fingerprint density at radius 3 is 2.68 bits per heavy atom. The van der Waals surface area contributed by atoms with E-state index in [-0.39, 0.29) is 0 Å². The van der Waals surface area contributed by atoms with Gasteiger partial charge in [0.2, 0.25) is 0 Å². The van der Waals surface area contributed by atoms with E-state index in [0.29, 0.717) is 17.4 Å². The average molecular weight is 295 g/mol. The highest BCUT2D eigenvalue weighted by Crippen LogP contribution is 2.32. The quantitative estimate of drug-likeness (QED) is 0.850. The Hall–Kier alpha value is -2.28. The molecule has 1 aliphatic rings. The van der Waals surface area contributed by atoms with Crippen molar-refractivity contribution in [3.8, 4) is 22.9 Å². The molecule has 114 valence electrons. The van der Waals surface area contributed by atoms with E-state index in [9.17, 15) is 5.26 Å². The van der Waals surface area contributed by atoms with Crippen LogP contribution in [0.4, 0.5) is 0 Å². The molecule has 4 nitrogen and oxygen atoms in total. The summed E-state index contributed by atoms with van der Waals surface area (Å²) in [6.07, 6.45) is 10.4. The molecule has 1 aromatic carbocycles. The first-order chi connectivity index (χ1) is 10.7. The number of methoxy groups -OCH3 is 1. The molecule has 0 atom stereocenters.